The molecule has 0 aliphatic carbocycles. The average molecular weight is 368 g/mol. The molecule has 0 radical (unpaired) electrons. The van der Waals surface area contributed by atoms with Crippen LogP contribution in [0.5, 0.6) is 11.5 Å². The van der Waals surface area contributed by atoms with Crippen LogP contribution in [-0.4, -0.2) is 27.5 Å². The third-order valence-electron chi connectivity index (χ3n) is 3.86. The van der Waals surface area contributed by atoms with Crippen molar-refractivity contribution < 1.29 is 14.6 Å². The SMILES string of the molecule is CC(C)(C)c1nc(C=CC(=O)COc2ccccc2)nc(C(C)(C)C)c1O. The van der Waals surface area contributed by atoms with Gasteiger partial charge >= 0.3 is 0 Å². The highest BCUT2D eigenvalue weighted by molar-refractivity contribution is 5.94. The maximum atomic E-state index is 12.1. The van der Waals surface area contributed by atoms with E-state index in [-0.39, 0.29) is 29.0 Å². The Kier molecular flexibility index (Phi) is 6.04. The number of aromatic hydroxyl groups is 1. The molecule has 0 unspecified atom stereocenters. The van der Waals surface area contributed by atoms with Gasteiger partial charge in [0.15, 0.2) is 24.0 Å². The molecule has 2 aromatic rings. The van der Waals surface area contributed by atoms with E-state index in [0.717, 1.165) is 0 Å². The number of aromatic nitrogens is 2. The Morgan fingerprint density at radius 3 is 2.00 bits per heavy atom. The van der Waals surface area contributed by atoms with Crippen molar-refractivity contribution in [2.24, 2.45) is 0 Å². The van der Waals surface area contributed by atoms with Gasteiger partial charge in [0.1, 0.15) is 5.75 Å². The Morgan fingerprint density at radius 1 is 1.00 bits per heavy atom. The number of ether oxygens (including phenoxy) is 1. The van der Waals surface area contributed by atoms with Gasteiger partial charge in [-0.1, -0.05) is 59.7 Å². The fraction of sp³-hybridized carbons (Fsp3) is 0.409. The normalized spacial score (nSPS) is 12.4. The summed E-state index contributed by atoms with van der Waals surface area (Å²) in [6, 6.07) is 9.18. The molecule has 0 fully saturated rings. The zero-order chi connectivity index (χ0) is 20.2. The standard InChI is InChI=1S/C22H28N2O3/c1-21(2,3)19-18(26)20(22(4,5)6)24-17(23-19)13-12-15(25)14-27-16-10-8-7-9-11-16/h7-13,26H,14H2,1-6H3. The van der Waals surface area contributed by atoms with Gasteiger partial charge in [-0.25, -0.2) is 9.97 Å². The monoisotopic (exact) mass is 368 g/mol. The fourth-order valence-corrected chi connectivity index (χ4v) is 2.48. The van der Waals surface area contributed by atoms with Crippen LogP contribution in [0.2, 0.25) is 0 Å². The number of hydrogen-bond donors (Lipinski definition) is 1. The molecule has 1 heterocycles. The molecule has 2 rings (SSSR count). The van der Waals surface area contributed by atoms with E-state index >= 15 is 0 Å². The zero-order valence-corrected chi connectivity index (χ0v) is 16.9. The summed E-state index contributed by atoms with van der Waals surface area (Å²) < 4.78 is 5.45. The first-order valence-electron chi connectivity index (χ1n) is 8.99. The van der Waals surface area contributed by atoms with Crippen LogP contribution < -0.4 is 4.74 Å². The topological polar surface area (TPSA) is 72.3 Å². The minimum absolute atomic E-state index is 0.0587. The van der Waals surface area contributed by atoms with E-state index in [2.05, 4.69) is 9.97 Å². The predicted molar refractivity (Wildman–Crippen MR) is 107 cm³/mol. The summed E-state index contributed by atoms with van der Waals surface area (Å²) >= 11 is 0. The molecule has 5 heteroatoms. The quantitative estimate of drug-likeness (QED) is 0.790. The van der Waals surface area contributed by atoms with Gasteiger partial charge in [-0.05, 0) is 24.3 Å². The molecule has 1 N–H and O–H groups in total. The molecule has 0 bridgehead atoms. The van der Waals surface area contributed by atoms with E-state index in [0.29, 0.717) is 23.0 Å². The molecule has 0 spiro atoms. The summed E-state index contributed by atoms with van der Waals surface area (Å²) in [7, 11) is 0. The Labute approximate surface area is 161 Å². The second-order valence-corrected chi connectivity index (χ2v) is 8.53. The predicted octanol–water partition coefficient (Wildman–Crippen LogP) is 4.44. The van der Waals surface area contributed by atoms with Gasteiger partial charge in [0.2, 0.25) is 0 Å². The number of para-hydroxylation sites is 1. The van der Waals surface area contributed by atoms with Crippen molar-refractivity contribution in [2.45, 2.75) is 52.4 Å². The van der Waals surface area contributed by atoms with Gasteiger partial charge in [0, 0.05) is 10.8 Å². The molecule has 1 aromatic heterocycles. The van der Waals surface area contributed by atoms with Crippen molar-refractivity contribution >= 4 is 11.9 Å². The second kappa shape index (κ2) is 7.91. The lowest BCUT2D eigenvalue weighted by molar-refractivity contribution is -0.116. The van der Waals surface area contributed by atoms with Crippen molar-refractivity contribution in [1.82, 2.24) is 9.97 Å². The lowest BCUT2D eigenvalue weighted by Gasteiger charge is -2.25. The van der Waals surface area contributed by atoms with Crippen LogP contribution >= 0.6 is 0 Å². The first kappa shape index (κ1) is 20.6. The van der Waals surface area contributed by atoms with Gasteiger partial charge in [0.25, 0.3) is 0 Å². The lowest BCUT2D eigenvalue weighted by atomic mass is 9.85. The smallest absolute Gasteiger partial charge is 0.193 e. The Bertz CT molecular complexity index is 794. The third-order valence-corrected chi connectivity index (χ3v) is 3.86. The minimum Gasteiger partial charge on any atom is -0.504 e. The summed E-state index contributed by atoms with van der Waals surface area (Å²) in [5.74, 6) is 0.969. The highest BCUT2D eigenvalue weighted by Gasteiger charge is 2.28. The summed E-state index contributed by atoms with van der Waals surface area (Å²) in [5, 5.41) is 10.6. The fourth-order valence-electron chi connectivity index (χ4n) is 2.48. The molecule has 5 nitrogen and oxygen atoms in total. The van der Waals surface area contributed by atoms with Gasteiger partial charge in [-0.2, -0.15) is 0 Å². The van der Waals surface area contributed by atoms with E-state index in [9.17, 15) is 9.90 Å². The van der Waals surface area contributed by atoms with Crippen LogP contribution in [0.4, 0.5) is 0 Å². The Morgan fingerprint density at radius 2 is 1.52 bits per heavy atom. The minimum atomic E-state index is -0.351. The van der Waals surface area contributed by atoms with Crippen LogP contribution in [-0.2, 0) is 15.6 Å². The summed E-state index contributed by atoms with van der Waals surface area (Å²) in [6.45, 7) is 11.8. The van der Waals surface area contributed by atoms with E-state index in [1.54, 1.807) is 18.2 Å². The molecule has 0 amide bonds. The molecule has 0 aliphatic heterocycles. The molecule has 1 aromatic carbocycles. The van der Waals surface area contributed by atoms with Gasteiger partial charge < -0.3 is 9.84 Å². The summed E-state index contributed by atoms with van der Waals surface area (Å²) in [5.41, 5.74) is 0.427. The van der Waals surface area contributed by atoms with Crippen LogP contribution in [0, 0.1) is 0 Å². The number of nitrogens with zero attached hydrogens (tertiary/aromatic N) is 2. The Hall–Kier alpha value is -2.69. The molecule has 0 saturated carbocycles. The number of rotatable bonds is 5. The number of ketones is 1. The van der Waals surface area contributed by atoms with Crippen LogP contribution in [0.1, 0.15) is 58.8 Å². The highest BCUT2D eigenvalue weighted by atomic mass is 16.5. The van der Waals surface area contributed by atoms with E-state index in [4.69, 9.17) is 4.74 Å². The van der Waals surface area contributed by atoms with Gasteiger partial charge in [0.05, 0.1) is 11.4 Å². The lowest BCUT2D eigenvalue weighted by Crippen LogP contribution is -2.21. The number of hydrogen-bond acceptors (Lipinski definition) is 5. The number of carbonyl (C=O) groups is 1. The van der Waals surface area contributed by atoms with Crippen LogP contribution in [0.15, 0.2) is 36.4 Å². The van der Waals surface area contributed by atoms with Gasteiger partial charge in [-0.3, -0.25) is 4.79 Å². The molecule has 144 valence electrons. The first-order chi connectivity index (χ1) is 12.5. The average Bonchev–Trinajstić information content (AvgIpc) is 2.58. The van der Waals surface area contributed by atoms with Crippen LogP contribution in [0.25, 0.3) is 6.08 Å². The number of benzene rings is 1. The van der Waals surface area contributed by atoms with Crippen molar-refractivity contribution in [3.05, 3.63) is 53.6 Å². The summed E-state index contributed by atoms with van der Waals surface area (Å²) in [6.07, 6.45) is 2.98. The van der Waals surface area contributed by atoms with E-state index in [1.807, 2.05) is 59.7 Å². The van der Waals surface area contributed by atoms with Crippen molar-refractivity contribution in [2.75, 3.05) is 6.61 Å². The summed E-state index contributed by atoms with van der Waals surface area (Å²) in [4.78, 5) is 21.0. The molecule has 0 atom stereocenters. The van der Waals surface area contributed by atoms with E-state index in [1.165, 1.54) is 6.08 Å². The van der Waals surface area contributed by atoms with Crippen molar-refractivity contribution in [3.63, 3.8) is 0 Å². The maximum Gasteiger partial charge on any atom is 0.193 e. The molecular weight excluding hydrogens is 340 g/mol. The maximum absolute atomic E-state index is 12.1. The Balaban J connectivity index is 2.24. The van der Waals surface area contributed by atoms with Crippen molar-refractivity contribution in [1.29, 1.82) is 0 Å². The van der Waals surface area contributed by atoms with Crippen LogP contribution in [0.3, 0.4) is 0 Å². The van der Waals surface area contributed by atoms with E-state index < -0.39 is 0 Å². The molecule has 0 saturated heterocycles. The third kappa shape index (κ3) is 5.64. The number of carbonyl (C=O) groups excluding carboxylic acids is 1. The first-order valence-corrected chi connectivity index (χ1v) is 8.99. The van der Waals surface area contributed by atoms with Gasteiger partial charge in [-0.15, -0.1) is 0 Å². The highest BCUT2D eigenvalue weighted by Crippen LogP contribution is 2.36. The molecule has 0 aliphatic rings. The molecular formula is C22H28N2O3. The zero-order valence-electron chi connectivity index (χ0n) is 16.9. The second-order valence-electron chi connectivity index (χ2n) is 8.53. The van der Waals surface area contributed by atoms with Crippen molar-refractivity contribution in [3.8, 4) is 11.5 Å². The largest absolute Gasteiger partial charge is 0.504 e. The molecule has 27 heavy (non-hydrogen) atoms.